The second-order valence-corrected chi connectivity index (χ2v) is 4.29. The van der Waals surface area contributed by atoms with Crippen molar-refractivity contribution < 1.29 is 0 Å². The molecule has 1 heterocycles. The van der Waals surface area contributed by atoms with Crippen molar-refractivity contribution in [3.05, 3.63) is 35.4 Å². The van der Waals surface area contributed by atoms with Gasteiger partial charge in [-0.3, -0.25) is 4.79 Å². The van der Waals surface area contributed by atoms with Crippen LogP contribution in [0.4, 0.5) is 5.82 Å². The molecule has 0 fully saturated rings. The van der Waals surface area contributed by atoms with Gasteiger partial charge in [-0.05, 0) is 20.8 Å². The van der Waals surface area contributed by atoms with E-state index in [4.69, 9.17) is 0 Å². The molecule has 0 unspecified atom stereocenters. The summed E-state index contributed by atoms with van der Waals surface area (Å²) in [5, 5.41) is 2.91. The van der Waals surface area contributed by atoms with Crippen LogP contribution in [0.2, 0.25) is 0 Å². The number of nitrogens with zero attached hydrogens (tertiary/aromatic N) is 2. The van der Waals surface area contributed by atoms with Crippen molar-refractivity contribution in [2.45, 2.75) is 26.3 Å². The Labute approximate surface area is 89.7 Å². The highest BCUT2D eigenvalue weighted by Gasteiger charge is 2.15. The van der Waals surface area contributed by atoms with E-state index in [0.29, 0.717) is 12.4 Å². The summed E-state index contributed by atoms with van der Waals surface area (Å²) >= 11 is 0. The summed E-state index contributed by atoms with van der Waals surface area (Å²) in [4.78, 5) is 15.9. The molecule has 0 spiro atoms. The van der Waals surface area contributed by atoms with Gasteiger partial charge in [-0.25, -0.2) is 4.98 Å². The van der Waals surface area contributed by atoms with Crippen LogP contribution >= 0.6 is 0 Å². The van der Waals surface area contributed by atoms with E-state index in [9.17, 15) is 4.79 Å². The molecule has 0 aromatic carbocycles. The minimum atomic E-state index is -0.232. The maximum absolute atomic E-state index is 11.9. The molecule has 4 heteroatoms. The SMILES string of the molecule is C=CCNc1nccn(C(C)(C)C)c1=O. The molecular weight excluding hydrogens is 190 g/mol. The van der Waals surface area contributed by atoms with E-state index < -0.39 is 0 Å². The molecule has 0 saturated carbocycles. The Morgan fingerprint density at radius 3 is 2.80 bits per heavy atom. The predicted octanol–water partition coefficient (Wildman–Crippen LogP) is 1.60. The van der Waals surface area contributed by atoms with Crippen LogP contribution in [0.15, 0.2) is 29.8 Å². The lowest BCUT2D eigenvalue weighted by atomic mass is 10.1. The Kier molecular flexibility index (Phi) is 3.29. The highest BCUT2D eigenvalue weighted by Crippen LogP contribution is 2.10. The molecule has 0 radical (unpaired) electrons. The zero-order valence-corrected chi connectivity index (χ0v) is 9.45. The van der Waals surface area contributed by atoms with E-state index in [2.05, 4.69) is 16.9 Å². The Hall–Kier alpha value is -1.58. The Morgan fingerprint density at radius 2 is 2.27 bits per heavy atom. The number of hydrogen-bond donors (Lipinski definition) is 1. The third-order valence-electron chi connectivity index (χ3n) is 1.98. The quantitative estimate of drug-likeness (QED) is 0.766. The molecule has 1 aromatic rings. The zero-order chi connectivity index (χ0) is 11.5. The molecule has 0 amide bonds. The molecule has 0 aliphatic carbocycles. The van der Waals surface area contributed by atoms with Gasteiger partial charge in [0.05, 0.1) is 0 Å². The molecule has 0 aliphatic heterocycles. The molecule has 1 aromatic heterocycles. The number of nitrogens with one attached hydrogen (secondary N) is 1. The summed E-state index contributed by atoms with van der Waals surface area (Å²) in [6.07, 6.45) is 5.01. The zero-order valence-electron chi connectivity index (χ0n) is 9.45. The maximum atomic E-state index is 11.9. The first-order chi connectivity index (χ1) is 6.96. The lowest BCUT2D eigenvalue weighted by Crippen LogP contribution is -2.35. The largest absolute Gasteiger partial charge is 0.362 e. The van der Waals surface area contributed by atoms with Gasteiger partial charge >= 0.3 is 0 Å². The van der Waals surface area contributed by atoms with Crippen molar-refractivity contribution in [1.29, 1.82) is 0 Å². The second-order valence-electron chi connectivity index (χ2n) is 4.29. The van der Waals surface area contributed by atoms with E-state index in [1.807, 2.05) is 20.8 Å². The minimum Gasteiger partial charge on any atom is -0.362 e. The normalized spacial score (nSPS) is 11.1. The number of hydrogen-bond acceptors (Lipinski definition) is 3. The highest BCUT2D eigenvalue weighted by molar-refractivity contribution is 5.31. The van der Waals surface area contributed by atoms with E-state index >= 15 is 0 Å². The van der Waals surface area contributed by atoms with E-state index in [0.717, 1.165) is 0 Å². The average molecular weight is 207 g/mol. The van der Waals surface area contributed by atoms with Crippen molar-refractivity contribution in [3.63, 3.8) is 0 Å². The Morgan fingerprint density at radius 1 is 1.60 bits per heavy atom. The monoisotopic (exact) mass is 207 g/mol. The van der Waals surface area contributed by atoms with Crippen LogP contribution in [-0.2, 0) is 5.54 Å². The van der Waals surface area contributed by atoms with Crippen molar-refractivity contribution >= 4 is 5.82 Å². The molecule has 15 heavy (non-hydrogen) atoms. The van der Waals surface area contributed by atoms with Gasteiger partial charge in [0.15, 0.2) is 5.82 Å². The topological polar surface area (TPSA) is 46.9 Å². The molecule has 1 rings (SSSR count). The van der Waals surface area contributed by atoms with Crippen LogP contribution < -0.4 is 10.9 Å². The number of anilines is 1. The molecule has 4 nitrogen and oxygen atoms in total. The van der Waals surface area contributed by atoms with Gasteiger partial charge in [0.25, 0.3) is 5.56 Å². The lowest BCUT2D eigenvalue weighted by molar-refractivity contribution is 0.383. The minimum absolute atomic E-state index is 0.105. The maximum Gasteiger partial charge on any atom is 0.293 e. The summed E-state index contributed by atoms with van der Waals surface area (Å²) in [5.41, 5.74) is -0.336. The molecule has 0 saturated heterocycles. The van der Waals surface area contributed by atoms with Gasteiger partial charge in [-0.15, -0.1) is 6.58 Å². The first kappa shape index (κ1) is 11.5. The standard InChI is InChI=1S/C11H17N3O/c1-5-6-12-9-10(15)14(8-7-13-9)11(2,3)4/h5,7-8H,1,6H2,2-4H3,(H,12,13). The van der Waals surface area contributed by atoms with Crippen molar-refractivity contribution in [2.75, 3.05) is 11.9 Å². The smallest absolute Gasteiger partial charge is 0.293 e. The van der Waals surface area contributed by atoms with Crippen LogP contribution in [0.25, 0.3) is 0 Å². The van der Waals surface area contributed by atoms with E-state index in [-0.39, 0.29) is 11.1 Å². The molecule has 1 N–H and O–H groups in total. The third-order valence-corrected chi connectivity index (χ3v) is 1.98. The van der Waals surface area contributed by atoms with Crippen LogP contribution in [0, 0.1) is 0 Å². The van der Waals surface area contributed by atoms with Crippen LogP contribution in [0.1, 0.15) is 20.8 Å². The summed E-state index contributed by atoms with van der Waals surface area (Å²) in [6, 6.07) is 0. The summed E-state index contributed by atoms with van der Waals surface area (Å²) in [6.45, 7) is 10.0. The molecular formula is C11H17N3O. The van der Waals surface area contributed by atoms with Crippen molar-refractivity contribution in [1.82, 2.24) is 9.55 Å². The fourth-order valence-corrected chi connectivity index (χ4v) is 1.23. The fourth-order valence-electron chi connectivity index (χ4n) is 1.23. The van der Waals surface area contributed by atoms with Crippen LogP contribution in [0.3, 0.4) is 0 Å². The van der Waals surface area contributed by atoms with E-state index in [1.165, 1.54) is 0 Å². The average Bonchev–Trinajstić information content (AvgIpc) is 2.14. The summed E-state index contributed by atoms with van der Waals surface area (Å²) in [7, 11) is 0. The van der Waals surface area contributed by atoms with Gasteiger partial charge in [-0.1, -0.05) is 6.08 Å². The van der Waals surface area contributed by atoms with Gasteiger partial charge in [0.1, 0.15) is 0 Å². The van der Waals surface area contributed by atoms with E-state index in [1.54, 1.807) is 23.0 Å². The van der Waals surface area contributed by atoms with Crippen molar-refractivity contribution in [3.8, 4) is 0 Å². The number of aromatic nitrogens is 2. The first-order valence-electron chi connectivity index (χ1n) is 4.89. The van der Waals surface area contributed by atoms with Gasteiger partial charge in [0, 0.05) is 24.5 Å². The molecule has 0 atom stereocenters. The van der Waals surface area contributed by atoms with Gasteiger partial charge in [0.2, 0.25) is 0 Å². The molecule has 0 aliphatic rings. The molecule has 0 bridgehead atoms. The Balaban J connectivity index is 3.12. The van der Waals surface area contributed by atoms with Crippen LogP contribution in [-0.4, -0.2) is 16.1 Å². The second kappa shape index (κ2) is 4.29. The number of rotatable bonds is 3. The summed E-state index contributed by atoms with van der Waals surface area (Å²) < 4.78 is 1.66. The van der Waals surface area contributed by atoms with Gasteiger partial charge in [-0.2, -0.15) is 0 Å². The van der Waals surface area contributed by atoms with Crippen molar-refractivity contribution in [2.24, 2.45) is 0 Å². The highest BCUT2D eigenvalue weighted by atomic mass is 16.1. The lowest BCUT2D eigenvalue weighted by Gasteiger charge is -2.22. The predicted molar refractivity (Wildman–Crippen MR) is 62.2 cm³/mol. The Bertz CT molecular complexity index is 401. The summed E-state index contributed by atoms with van der Waals surface area (Å²) in [5.74, 6) is 0.368. The fraction of sp³-hybridized carbons (Fsp3) is 0.455. The molecule has 82 valence electrons. The van der Waals surface area contributed by atoms with Crippen LogP contribution in [0.5, 0.6) is 0 Å². The van der Waals surface area contributed by atoms with Gasteiger partial charge < -0.3 is 9.88 Å². The third kappa shape index (κ3) is 2.68. The first-order valence-corrected chi connectivity index (χ1v) is 4.89.